The van der Waals surface area contributed by atoms with Crippen molar-refractivity contribution >= 4 is 17.5 Å². The lowest BCUT2D eigenvalue weighted by Crippen LogP contribution is -2.44. The first kappa shape index (κ1) is 21.6. The van der Waals surface area contributed by atoms with Gasteiger partial charge in [0.1, 0.15) is 0 Å². The highest BCUT2D eigenvalue weighted by Gasteiger charge is 2.25. The number of hydrogen-bond donors (Lipinski definition) is 2. The summed E-state index contributed by atoms with van der Waals surface area (Å²) in [5.41, 5.74) is 1.42. The molecule has 6 nitrogen and oxygen atoms in total. The molecule has 1 atom stereocenters. The van der Waals surface area contributed by atoms with Gasteiger partial charge in [-0.2, -0.15) is 0 Å². The number of rotatable bonds is 7. The van der Waals surface area contributed by atoms with Gasteiger partial charge in [0.2, 0.25) is 5.91 Å². The van der Waals surface area contributed by atoms with E-state index in [2.05, 4.69) is 5.32 Å². The van der Waals surface area contributed by atoms with E-state index in [0.29, 0.717) is 18.2 Å². The number of aliphatic hydroxyl groups is 1. The van der Waals surface area contributed by atoms with Gasteiger partial charge in [-0.25, -0.2) is 0 Å². The van der Waals surface area contributed by atoms with E-state index in [0.717, 1.165) is 44.5 Å². The molecule has 1 aromatic carbocycles. The number of nitrogens with zero attached hydrogens (tertiary/aromatic N) is 2. The molecule has 1 saturated carbocycles. The Hall–Kier alpha value is -2.08. The monoisotopic (exact) mass is 401 g/mol. The summed E-state index contributed by atoms with van der Waals surface area (Å²) in [4.78, 5) is 29.4. The van der Waals surface area contributed by atoms with E-state index < -0.39 is 0 Å². The van der Waals surface area contributed by atoms with Gasteiger partial charge in [0.15, 0.2) is 0 Å². The Kier molecular flexibility index (Phi) is 7.92. The lowest BCUT2D eigenvalue weighted by molar-refractivity contribution is -0.132. The largest absolute Gasteiger partial charge is 0.396 e. The molecule has 29 heavy (non-hydrogen) atoms. The maximum Gasteiger partial charge on any atom is 0.253 e. The number of carbonyl (C=O) groups excluding carboxylic acids is 2. The topological polar surface area (TPSA) is 72.9 Å². The molecular weight excluding hydrogens is 366 g/mol. The quantitative estimate of drug-likeness (QED) is 0.736. The molecule has 2 fully saturated rings. The van der Waals surface area contributed by atoms with Gasteiger partial charge in [0.05, 0.1) is 6.54 Å². The molecule has 0 spiro atoms. The van der Waals surface area contributed by atoms with Crippen LogP contribution in [0.3, 0.4) is 0 Å². The number of anilines is 1. The summed E-state index contributed by atoms with van der Waals surface area (Å²) in [6, 6.07) is 7.77. The van der Waals surface area contributed by atoms with Crippen LogP contribution >= 0.6 is 0 Å². The van der Waals surface area contributed by atoms with Crippen molar-refractivity contribution in [1.29, 1.82) is 0 Å². The molecule has 3 rings (SSSR count). The van der Waals surface area contributed by atoms with Crippen LogP contribution in [0.15, 0.2) is 24.3 Å². The van der Waals surface area contributed by atoms with Crippen LogP contribution in [0.1, 0.15) is 62.2 Å². The molecule has 1 aliphatic heterocycles. The number of likely N-dealkylation sites (tertiary alicyclic amines) is 1. The predicted molar refractivity (Wildman–Crippen MR) is 115 cm³/mol. The van der Waals surface area contributed by atoms with Crippen LogP contribution in [0, 0.1) is 5.92 Å². The number of piperidine rings is 1. The Labute approximate surface area is 174 Å². The maximum atomic E-state index is 12.9. The maximum absolute atomic E-state index is 12.9. The molecular formula is C23H35N3O3. The molecule has 1 heterocycles. The number of aliphatic hydroxyl groups excluding tert-OH is 1. The molecule has 1 unspecified atom stereocenters. The summed E-state index contributed by atoms with van der Waals surface area (Å²) in [7, 11) is 0. The average Bonchev–Trinajstić information content (AvgIpc) is 2.78. The van der Waals surface area contributed by atoms with Crippen molar-refractivity contribution < 1.29 is 14.7 Å². The third-order valence-electron chi connectivity index (χ3n) is 6.29. The lowest BCUT2D eigenvalue weighted by atomic mass is 9.94. The smallest absolute Gasteiger partial charge is 0.253 e. The third-order valence-corrected chi connectivity index (χ3v) is 6.29. The Balaban J connectivity index is 1.57. The minimum absolute atomic E-state index is 0.00415. The summed E-state index contributed by atoms with van der Waals surface area (Å²) < 4.78 is 0. The van der Waals surface area contributed by atoms with Gasteiger partial charge in [-0.15, -0.1) is 0 Å². The van der Waals surface area contributed by atoms with Crippen LogP contribution in [0.25, 0.3) is 0 Å². The Morgan fingerprint density at radius 3 is 2.69 bits per heavy atom. The standard InChI is InChI=1S/C23H35N3O3/c1-2-26(21-11-4-3-5-12-21)22(28)15-24-20-10-6-9-19(14-20)23(29)25-13-7-8-18(16-25)17-27/h6,9-10,14,18,21,24,27H,2-5,7-8,11-13,15-17H2,1H3. The molecule has 2 aliphatic rings. The Morgan fingerprint density at radius 1 is 1.17 bits per heavy atom. The van der Waals surface area contributed by atoms with Crippen molar-refractivity contribution in [1.82, 2.24) is 9.80 Å². The minimum atomic E-state index is -0.00415. The number of nitrogens with one attached hydrogen (secondary N) is 1. The second-order valence-corrected chi connectivity index (χ2v) is 8.35. The lowest BCUT2D eigenvalue weighted by Gasteiger charge is -2.33. The van der Waals surface area contributed by atoms with Gasteiger partial charge < -0.3 is 20.2 Å². The van der Waals surface area contributed by atoms with E-state index in [1.165, 1.54) is 19.3 Å². The second kappa shape index (κ2) is 10.6. The molecule has 2 amide bonds. The molecule has 0 aromatic heterocycles. The Bertz CT molecular complexity index is 688. The number of amides is 2. The normalized spacial score (nSPS) is 20.3. The molecule has 1 aromatic rings. The van der Waals surface area contributed by atoms with Crippen molar-refractivity contribution in [2.75, 3.05) is 38.1 Å². The first-order valence-electron chi connectivity index (χ1n) is 11.2. The average molecular weight is 402 g/mol. The fourth-order valence-electron chi connectivity index (χ4n) is 4.65. The van der Waals surface area contributed by atoms with Crippen LogP contribution in [-0.4, -0.2) is 65.5 Å². The minimum Gasteiger partial charge on any atom is -0.396 e. The first-order valence-corrected chi connectivity index (χ1v) is 11.2. The van der Waals surface area contributed by atoms with Crippen LogP contribution in [-0.2, 0) is 4.79 Å². The van der Waals surface area contributed by atoms with Gasteiger partial charge in [0.25, 0.3) is 5.91 Å². The number of benzene rings is 1. The highest BCUT2D eigenvalue weighted by atomic mass is 16.3. The van der Waals surface area contributed by atoms with Crippen LogP contribution in [0.5, 0.6) is 0 Å². The van der Waals surface area contributed by atoms with E-state index in [1.54, 1.807) is 0 Å². The number of likely N-dealkylation sites (N-methyl/N-ethyl adjacent to an activating group) is 1. The predicted octanol–water partition coefficient (Wildman–Crippen LogP) is 3.12. The van der Waals surface area contributed by atoms with Crippen molar-refractivity contribution in [3.63, 3.8) is 0 Å². The van der Waals surface area contributed by atoms with Gasteiger partial charge in [-0.05, 0) is 56.7 Å². The van der Waals surface area contributed by atoms with Gasteiger partial charge in [-0.1, -0.05) is 25.3 Å². The van der Waals surface area contributed by atoms with Crippen molar-refractivity contribution in [2.24, 2.45) is 5.92 Å². The van der Waals surface area contributed by atoms with E-state index in [1.807, 2.05) is 41.0 Å². The molecule has 2 N–H and O–H groups in total. The second-order valence-electron chi connectivity index (χ2n) is 8.35. The molecule has 1 saturated heterocycles. The highest BCUT2D eigenvalue weighted by molar-refractivity contribution is 5.95. The van der Waals surface area contributed by atoms with Crippen LogP contribution in [0.4, 0.5) is 5.69 Å². The molecule has 6 heteroatoms. The van der Waals surface area contributed by atoms with E-state index in [9.17, 15) is 14.7 Å². The molecule has 0 bridgehead atoms. The van der Waals surface area contributed by atoms with Crippen molar-refractivity contribution in [3.05, 3.63) is 29.8 Å². The molecule has 160 valence electrons. The summed E-state index contributed by atoms with van der Waals surface area (Å²) >= 11 is 0. The SMILES string of the molecule is CCN(C(=O)CNc1cccc(C(=O)N2CCCC(CO)C2)c1)C1CCCCC1. The summed E-state index contributed by atoms with van der Waals surface area (Å²) in [6.07, 6.45) is 7.80. The van der Waals surface area contributed by atoms with Crippen LogP contribution < -0.4 is 5.32 Å². The zero-order chi connectivity index (χ0) is 20.6. The van der Waals surface area contributed by atoms with Gasteiger partial charge in [-0.3, -0.25) is 9.59 Å². The fraction of sp³-hybridized carbons (Fsp3) is 0.652. The zero-order valence-corrected chi connectivity index (χ0v) is 17.6. The first-order chi connectivity index (χ1) is 14.1. The fourth-order valence-corrected chi connectivity index (χ4v) is 4.65. The Morgan fingerprint density at radius 2 is 1.97 bits per heavy atom. The summed E-state index contributed by atoms with van der Waals surface area (Å²) in [5, 5.41) is 12.6. The zero-order valence-electron chi connectivity index (χ0n) is 17.6. The van der Waals surface area contributed by atoms with Crippen LogP contribution in [0.2, 0.25) is 0 Å². The molecule has 1 aliphatic carbocycles. The van der Waals surface area contributed by atoms with Gasteiger partial charge >= 0.3 is 0 Å². The van der Waals surface area contributed by atoms with Crippen molar-refractivity contribution in [2.45, 2.75) is 57.9 Å². The number of carbonyl (C=O) groups is 2. The third kappa shape index (κ3) is 5.72. The van der Waals surface area contributed by atoms with E-state index >= 15 is 0 Å². The number of hydrogen-bond acceptors (Lipinski definition) is 4. The van der Waals surface area contributed by atoms with Gasteiger partial charge in [0, 0.05) is 43.5 Å². The van der Waals surface area contributed by atoms with Crippen molar-refractivity contribution in [3.8, 4) is 0 Å². The summed E-state index contributed by atoms with van der Waals surface area (Å²) in [6.45, 7) is 4.51. The molecule has 0 radical (unpaired) electrons. The summed E-state index contributed by atoms with van der Waals surface area (Å²) in [5.74, 6) is 0.292. The highest BCUT2D eigenvalue weighted by Crippen LogP contribution is 2.23. The van der Waals surface area contributed by atoms with E-state index in [-0.39, 0.29) is 30.9 Å². The van der Waals surface area contributed by atoms with E-state index in [4.69, 9.17) is 0 Å².